The number of halogens is 1. The molecule has 0 saturated heterocycles. The predicted octanol–water partition coefficient (Wildman–Crippen LogP) is 6.46. The van der Waals surface area contributed by atoms with E-state index in [-0.39, 0.29) is 11.9 Å². The van der Waals surface area contributed by atoms with Crippen molar-refractivity contribution in [1.29, 1.82) is 0 Å². The Balaban J connectivity index is 1.56. The van der Waals surface area contributed by atoms with Gasteiger partial charge in [0.15, 0.2) is 0 Å². The molecule has 0 radical (unpaired) electrons. The molecule has 5 nitrogen and oxygen atoms in total. The molecule has 2 heterocycles. The molecule has 4 aromatic rings. The van der Waals surface area contributed by atoms with Crippen molar-refractivity contribution in [3.05, 3.63) is 118 Å². The van der Waals surface area contributed by atoms with Crippen molar-refractivity contribution in [3.63, 3.8) is 0 Å². The lowest BCUT2D eigenvalue weighted by Crippen LogP contribution is -2.22. The topological polar surface area (TPSA) is 59.0 Å². The molecule has 3 aromatic carbocycles. The number of benzene rings is 3. The van der Waals surface area contributed by atoms with E-state index in [2.05, 4.69) is 53.0 Å². The number of fused-ring (bicyclic) bond motifs is 1. The highest BCUT2D eigenvalue weighted by Gasteiger charge is 2.28. The quantitative estimate of drug-likeness (QED) is 0.372. The summed E-state index contributed by atoms with van der Waals surface area (Å²) in [4.78, 5) is 13.2. The van der Waals surface area contributed by atoms with E-state index >= 15 is 0 Å². The van der Waals surface area contributed by atoms with Crippen LogP contribution in [0.5, 0.6) is 0 Å². The molecular weight excluding hydrogens is 432 g/mol. The van der Waals surface area contributed by atoms with Crippen molar-refractivity contribution in [3.8, 4) is 0 Å². The third-order valence-corrected chi connectivity index (χ3v) is 6.12. The molecule has 1 atom stereocenters. The monoisotopic (exact) mass is 454 g/mol. The van der Waals surface area contributed by atoms with Crippen LogP contribution in [-0.4, -0.2) is 15.7 Å². The molecule has 164 valence electrons. The van der Waals surface area contributed by atoms with Gasteiger partial charge in [-0.25, -0.2) is 4.68 Å². The average Bonchev–Trinajstić information content (AvgIpc) is 3.25. The van der Waals surface area contributed by atoms with Crippen LogP contribution in [0, 0.1) is 13.8 Å². The van der Waals surface area contributed by atoms with E-state index in [1.807, 2.05) is 60.1 Å². The first-order chi connectivity index (χ1) is 16.0. The number of nitrogens with zero attached hydrogens (tertiary/aromatic N) is 2. The van der Waals surface area contributed by atoms with Crippen LogP contribution in [0.4, 0.5) is 11.5 Å². The summed E-state index contributed by atoms with van der Waals surface area (Å²) < 4.78 is 1.81. The van der Waals surface area contributed by atoms with Gasteiger partial charge in [0.1, 0.15) is 17.4 Å². The average molecular weight is 455 g/mol. The van der Waals surface area contributed by atoms with E-state index in [4.69, 9.17) is 11.6 Å². The van der Waals surface area contributed by atoms with Crippen molar-refractivity contribution >= 4 is 34.7 Å². The van der Waals surface area contributed by atoms with E-state index in [1.54, 1.807) is 6.20 Å². The van der Waals surface area contributed by atoms with Crippen molar-refractivity contribution in [2.45, 2.75) is 19.9 Å². The molecule has 0 saturated carbocycles. The van der Waals surface area contributed by atoms with Gasteiger partial charge in [0.05, 0.1) is 6.20 Å². The maximum atomic E-state index is 13.2. The Kier molecular flexibility index (Phi) is 5.48. The first-order valence-corrected chi connectivity index (χ1v) is 11.1. The lowest BCUT2D eigenvalue weighted by molar-refractivity contribution is 0.102. The fraction of sp³-hybridized carbons (Fsp3) is 0.111. The number of hydrogen-bond donors (Lipinski definition) is 2. The Bertz CT molecular complexity index is 1350. The second-order valence-electron chi connectivity index (χ2n) is 8.21. The summed E-state index contributed by atoms with van der Waals surface area (Å²) in [6.45, 7) is 4.07. The molecule has 1 aliphatic rings. The number of anilines is 2. The number of carbonyl (C=O) groups is 1. The van der Waals surface area contributed by atoms with E-state index in [9.17, 15) is 4.79 Å². The summed E-state index contributed by atoms with van der Waals surface area (Å²) in [7, 11) is 0. The molecule has 1 aromatic heterocycles. The van der Waals surface area contributed by atoms with Crippen LogP contribution >= 0.6 is 11.6 Å². The first kappa shape index (κ1) is 21.0. The molecule has 0 spiro atoms. The number of allylic oxidation sites excluding steroid dienone is 1. The molecule has 0 unspecified atom stereocenters. The van der Waals surface area contributed by atoms with E-state index in [0.29, 0.717) is 16.4 Å². The van der Waals surface area contributed by atoms with Crippen LogP contribution in [0.3, 0.4) is 0 Å². The maximum absolute atomic E-state index is 13.2. The van der Waals surface area contributed by atoms with Gasteiger partial charge in [0.25, 0.3) is 5.91 Å². The summed E-state index contributed by atoms with van der Waals surface area (Å²) in [5.41, 5.74) is 6.35. The van der Waals surface area contributed by atoms with Gasteiger partial charge >= 0.3 is 0 Å². The van der Waals surface area contributed by atoms with Gasteiger partial charge in [-0.2, -0.15) is 5.10 Å². The zero-order valence-corrected chi connectivity index (χ0v) is 19.1. The Morgan fingerprint density at radius 1 is 0.970 bits per heavy atom. The lowest BCUT2D eigenvalue weighted by atomic mass is 10.0. The fourth-order valence-corrected chi connectivity index (χ4v) is 4.18. The van der Waals surface area contributed by atoms with E-state index in [1.165, 1.54) is 5.56 Å². The fourth-order valence-electron chi connectivity index (χ4n) is 3.93. The SMILES string of the molecule is Cc1ccc(NC(=O)c2cnn3c2NC(c2ccc(C)cc2)=C[C@@H]3c2ccccc2Cl)cc1. The second-order valence-corrected chi connectivity index (χ2v) is 8.62. The van der Waals surface area contributed by atoms with Crippen LogP contribution < -0.4 is 10.6 Å². The Hall–Kier alpha value is -3.83. The molecule has 1 amide bonds. The minimum atomic E-state index is -0.257. The van der Waals surface area contributed by atoms with Crippen LogP contribution in [0.2, 0.25) is 5.02 Å². The predicted molar refractivity (Wildman–Crippen MR) is 134 cm³/mol. The van der Waals surface area contributed by atoms with Crippen molar-refractivity contribution in [2.24, 2.45) is 0 Å². The normalized spacial score (nSPS) is 14.8. The van der Waals surface area contributed by atoms with Gasteiger partial charge in [-0.1, -0.05) is 77.3 Å². The van der Waals surface area contributed by atoms with Gasteiger partial charge in [-0.15, -0.1) is 0 Å². The highest BCUT2D eigenvalue weighted by Crippen LogP contribution is 2.37. The van der Waals surface area contributed by atoms with Crippen LogP contribution in [0.1, 0.15) is 38.7 Å². The molecule has 5 rings (SSSR count). The molecule has 1 aliphatic heterocycles. The van der Waals surface area contributed by atoms with E-state index < -0.39 is 0 Å². The van der Waals surface area contributed by atoms with Crippen LogP contribution in [0.25, 0.3) is 5.70 Å². The third-order valence-electron chi connectivity index (χ3n) is 5.78. The Labute approximate surface area is 197 Å². The Morgan fingerprint density at radius 2 is 1.64 bits per heavy atom. The van der Waals surface area contributed by atoms with Gasteiger partial charge in [-0.3, -0.25) is 4.79 Å². The lowest BCUT2D eigenvalue weighted by Gasteiger charge is -2.27. The minimum absolute atomic E-state index is 0.226. The summed E-state index contributed by atoms with van der Waals surface area (Å²) in [5.74, 6) is 0.401. The molecule has 0 bridgehead atoms. The van der Waals surface area contributed by atoms with Crippen molar-refractivity contribution < 1.29 is 4.79 Å². The van der Waals surface area contributed by atoms with Gasteiger partial charge in [0, 0.05) is 16.4 Å². The number of hydrogen-bond acceptors (Lipinski definition) is 3. The number of carbonyl (C=O) groups excluding carboxylic acids is 1. The number of amides is 1. The van der Waals surface area contributed by atoms with Crippen molar-refractivity contribution in [2.75, 3.05) is 10.6 Å². The summed E-state index contributed by atoms with van der Waals surface area (Å²) in [5, 5.41) is 11.6. The van der Waals surface area contributed by atoms with Crippen LogP contribution in [0.15, 0.2) is 85.1 Å². The zero-order valence-electron chi connectivity index (χ0n) is 18.3. The highest BCUT2D eigenvalue weighted by molar-refractivity contribution is 6.31. The van der Waals surface area contributed by atoms with Gasteiger partial charge in [-0.05, 0) is 49.2 Å². The number of aromatic nitrogens is 2. The summed E-state index contributed by atoms with van der Waals surface area (Å²) >= 11 is 6.56. The molecule has 2 N–H and O–H groups in total. The van der Waals surface area contributed by atoms with Gasteiger partial charge in [0.2, 0.25) is 0 Å². The molecule has 0 fully saturated rings. The van der Waals surface area contributed by atoms with Crippen molar-refractivity contribution in [1.82, 2.24) is 9.78 Å². The van der Waals surface area contributed by atoms with Crippen LogP contribution in [-0.2, 0) is 0 Å². The number of rotatable bonds is 4. The second kappa shape index (κ2) is 8.60. The molecule has 6 heteroatoms. The van der Waals surface area contributed by atoms with Gasteiger partial charge < -0.3 is 10.6 Å². The summed E-state index contributed by atoms with van der Waals surface area (Å²) in [6, 6.07) is 23.4. The summed E-state index contributed by atoms with van der Waals surface area (Å²) in [6.07, 6.45) is 3.69. The number of nitrogens with one attached hydrogen (secondary N) is 2. The zero-order chi connectivity index (χ0) is 22.9. The highest BCUT2D eigenvalue weighted by atomic mass is 35.5. The molecular formula is C27H23ClN4O. The number of aryl methyl sites for hydroxylation is 2. The largest absolute Gasteiger partial charge is 0.339 e. The Morgan fingerprint density at radius 3 is 2.33 bits per heavy atom. The minimum Gasteiger partial charge on any atom is -0.339 e. The third kappa shape index (κ3) is 4.15. The smallest absolute Gasteiger partial charge is 0.261 e. The molecule has 0 aliphatic carbocycles. The van der Waals surface area contributed by atoms with E-state index in [0.717, 1.165) is 28.1 Å². The first-order valence-electron chi connectivity index (χ1n) is 10.8. The standard InChI is InChI=1S/C27H23ClN4O/c1-17-7-11-19(12-8-17)24-15-25(21-5-3-4-6-23(21)28)32-26(31-24)22(16-29-32)27(33)30-20-13-9-18(2)10-14-20/h3-16,25,31H,1-2H3,(H,30,33)/t25-/m1/s1. The molecule has 33 heavy (non-hydrogen) atoms. The maximum Gasteiger partial charge on any atom is 0.261 e.